The van der Waals surface area contributed by atoms with Gasteiger partial charge in [0.1, 0.15) is 0 Å². The summed E-state index contributed by atoms with van der Waals surface area (Å²) in [5.41, 5.74) is 27.1. The number of fused-ring (bicyclic) bond motifs is 13. The standard InChI is InChI=1S/C78H90BN3S/c1-70(2,3)47-27-30-67-51(39-47)50-23-22-26-62(69(50)83-67)81-64-46-58-56(74(10,11)36-38-76(58,14)15)44-60(64)79-59-43-55-57(75(12,13)37-35-73(55,8)9)45-63(59)80(48-28-29-52-54(40-48)72(6,7)34-33-71(52,4)5)65-41-49(42-66(81)68(65)79)82-61-25-19-18-24-53(61)77(16)31-20-21-32-78(77,82)17/h18-19,22-30,39-46H,20-21,31-38H2,1-17H3. The first-order valence-electron chi connectivity index (χ1n) is 32.1. The molecule has 0 radical (unpaired) electrons. The van der Waals surface area contributed by atoms with E-state index in [1.165, 1.54) is 178 Å². The second-order valence-corrected chi connectivity index (χ2v) is 33.9. The Morgan fingerprint density at radius 1 is 0.398 bits per heavy atom. The first kappa shape index (κ1) is 53.9. The van der Waals surface area contributed by atoms with Crippen LogP contribution in [0.1, 0.15) is 226 Å². The number of hydrogen-bond acceptors (Lipinski definition) is 4. The van der Waals surface area contributed by atoms with E-state index in [-0.39, 0.29) is 55.6 Å². The number of nitrogens with zero attached hydrogens (tertiary/aromatic N) is 3. The van der Waals surface area contributed by atoms with Crippen molar-refractivity contribution in [2.45, 2.75) is 231 Å². The Kier molecular flexibility index (Phi) is 11.1. The van der Waals surface area contributed by atoms with Crippen molar-refractivity contribution >= 4 is 100 Å². The second kappa shape index (κ2) is 17.0. The van der Waals surface area contributed by atoms with Crippen molar-refractivity contribution in [1.29, 1.82) is 0 Å². The van der Waals surface area contributed by atoms with Crippen molar-refractivity contribution in [2.24, 2.45) is 0 Å². The predicted octanol–water partition coefficient (Wildman–Crippen LogP) is 20.2. The molecule has 1 aromatic heterocycles. The first-order valence-corrected chi connectivity index (χ1v) is 32.9. The maximum Gasteiger partial charge on any atom is 0.252 e. The van der Waals surface area contributed by atoms with Crippen LogP contribution >= 0.6 is 11.3 Å². The summed E-state index contributed by atoms with van der Waals surface area (Å²) >= 11 is 1.99. The molecule has 0 bridgehead atoms. The summed E-state index contributed by atoms with van der Waals surface area (Å²) < 4.78 is 2.71. The van der Waals surface area contributed by atoms with Crippen molar-refractivity contribution in [3.8, 4) is 0 Å². The minimum atomic E-state index is -0.134. The minimum Gasteiger partial charge on any atom is -0.334 e. The monoisotopic (exact) mass is 1110 g/mol. The molecule has 0 N–H and O–H groups in total. The van der Waals surface area contributed by atoms with Crippen molar-refractivity contribution in [1.82, 2.24) is 0 Å². The molecule has 0 amide bonds. The van der Waals surface area contributed by atoms with Gasteiger partial charge in [0.05, 0.1) is 15.9 Å². The van der Waals surface area contributed by atoms with Gasteiger partial charge in [-0.3, -0.25) is 0 Å². The molecule has 8 aromatic rings. The first-order chi connectivity index (χ1) is 39.0. The minimum absolute atomic E-state index is 0.00353. The fraction of sp³-hybridized carbons (Fsp3) is 0.462. The van der Waals surface area contributed by atoms with Gasteiger partial charge < -0.3 is 14.7 Å². The molecule has 2 unspecified atom stereocenters. The number of para-hydroxylation sites is 1. The highest BCUT2D eigenvalue weighted by Crippen LogP contribution is 2.63. The third kappa shape index (κ3) is 7.40. The van der Waals surface area contributed by atoms with E-state index in [4.69, 9.17) is 0 Å². The lowest BCUT2D eigenvalue weighted by Gasteiger charge is -2.52. The van der Waals surface area contributed by atoms with Gasteiger partial charge in [0.25, 0.3) is 6.71 Å². The van der Waals surface area contributed by atoms with Gasteiger partial charge in [0, 0.05) is 60.7 Å². The molecule has 1 fully saturated rings. The summed E-state index contributed by atoms with van der Waals surface area (Å²) in [7, 11) is 0. The zero-order valence-corrected chi connectivity index (χ0v) is 54.2. The Balaban J connectivity index is 1.12. The van der Waals surface area contributed by atoms with E-state index >= 15 is 0 Å². The largest absolute Gasteiger partial charge is 0.334 e. The van der Waals surface area contributed by atoms with Gasteiger partial charge >= 0.3 is 0 Å². The molecular weight excluding hydrogens is 1020 g/mol. The number of benzene rings is 7. The highest BCUT2D eigenvalue weighted by Gasteiger charge is 2.58. The van der Waals surface area contributed by atoms with Crippen molar-refractivity contribution < 1.29 is 0 Å². The molecule has 83 heavy (non-hydrogen) atoms. The van der Waals surface area contributed by atoms with Gasteiger partial charge in [0.15, 0.2) is 0 Å². The van der Waals surface area contributed by atoms with Gasteiger partial charge in [-0.1, -0.05) is 178 Å². The molecule has 4 heterocycles. The molecule has 3 nitrogen and oxygen atoms in total. The Hall–Kier alpha value is -5.78. The Bertz CT molecular complexity index is 4120. The SMILES string of the molecule is CC(C)(C)c1ccc2sc3c(N4c5cc6c(cc5B5c7cc8c(cc7N(c7ccc9c(c7)C(C)(C)CCC9(C)C)c7cc(N9c%10ccccc%10C%10(C)CCCCC9%10C)cc4c75)C(C)(C)CCC8(C)C)C(C)(C)CCC6(C)C)cccc3c2c1. The average Bonchev–Trinajstić information content (AvgIpc) is 1.68. The summed E-state index contributed by atoms with van der Waals surface area (Å²) in [6.07, 6.45) is 11.9. The molecule has 426 valence electrons. The maximum absolute atomic E-state index is 2.87. The summed E-state index contributed by atoms with van der Waals surface area (Å²) in [4.78, 5) is 8.52. The normalized spacial score (nSPS) is 24.3. The van der Waals surface area contributed by atoms with Crippen LogP contribution in [0.3, 0.4) is 0 Å². The molecule has 5 heteroatoms. The Morgan fingerprint density at radius 2 is 0.916 bits per heavy atom. The molecule has 3 aliphatic heterocycles. The lowest BCUT2D eigenvalue weighted by molar-refractivity contribution is 0.195. The number of anilines is 8. The van der Waals surface area contributed by atoms with Crippen LogP contribution in [0.25, 0.3) is 20.2 Å². The van der Waals surface area contributed by atoms with Crippen LogP contribution in [-0.4, -0.2) is 12.3 Å². The molecule has 2 atom stereocenters. The predicted molar refractivity (Wildman–Crippen MR) is 361 cm³/mol. The quantitative estimate of drug-likeness (QED) is 0.163. The van der Waals surface area contributed by atoms with Crippen molar-refractivity contribution in [2.75, 3.05) is 14.7 Å². The molecule has 7 aliphatic rings. The zero-order chi connectivity index (χ0) is 58.3. The Labute approximate surface area is 502 Å². The zero-order valence-electron chi connectivity index (χ0n) is 53.4. The topological polar surface area (TPSA) is 9.72 Å². The average molecular weight is 1110 g/mol. The third-order valence-electron chi connectivity index (χ3n) is 23.9. The van der Waals surface area contributed by atoms with E-state index in [2.05, 4.69) is 248 Å². The summed E-state index contributed by atoms with van der Waals surface area (Å²) in [5, 5.41) is 2.72. The van der Waals surface area contributed by atoms with Gasteiger partial charge in [-0.05, 0) is 218 Å². The highest BCUT2D eigenvalue weighted by molar-refractivity contribution is 7.26. The van der Waals surface area contributed by atoms with Crippen molar-refractivity contribution in [3.63, 3.8) is 0 Å². The highest BCUT2D eigenvalue weighted by atomic mass is 32.1. The van der Waals surface area contributed by atoms with Gasteiger partial charge in [0.2, 0.25) is 0 Å². The van der Waals surface area contributed by atoms with Crippen LogP contribution < -0.4 is 31.1 Å². The molecule has 1 saturated carbocycles. The maximum atomic E-state index is 2.87. The van der Waals surface area contributed by atoms with E-state index in [0.717, 1.165) is 12.8 Å². The van der Waals surface area contributed by atoms with Crippen molar-refractivity contribution in [3.05, 3.63) is 160 Å². The summed E-state index contributed by atoms with van der Waals surface area (Å²) in [5.74, 6) is 0. The van der Waals surface area contributed by atoms with E-state index in [1.54, 1.807) is 0 Å². The van der Waals surface area contributed by atoms with Gasteiger partial charge in [-0.25, -0.2) is 0 Å². The van der Waals surface area contributed by atoms with Crippen LogP contribution in [0.15, 0.2) is 115 Å². The molecule has 7 aromatic carbocycles. The van der Waals surface area contributed by atoms with Crippen LogP contribution in [0.5, 0.6) is 0 Å². The molecular formula is C78H90BN3S. The summed E-state index contributed by atoms with van der Waals surface area (Å²) in [6.45, 7) is 42.6. The van der Waals surface area contributed by atoms with E-state index in [1.807, 2.05) is 11.3 Å². The lowest BCUT2D eigenvalue weighted by Crippen LogP contribution is -2.62. The van der Waals surface area contributed by atoms with E-state index in [0.29, 0.717) is 0 Å². The van der Waals surface area contributed by atoms with Crippen LogP contribution in [0.2, 0.25) is 0 Å². The summed E-state index contributed by atoms with van der Waals surface area (Å²) in [6, 6.07) is 48.3. The second-order valence-electron chi connectivity index (χ2n) is 32.8. The molecule has 0 spiro atoms. The molecule has 4 aliphatic carbocycles. The smallest absolute Gasteiger partial charge is 0.252 e. The fourth-order valence-corrected chi connectivity index (χ4v) is 19.2. The van der Waals surface area contributed by atoms with Crippen LogP contribution in [0, 0.1) is 0 Å². The number of hydrogen-bond donors (Lipinski definition) is 0. The molecule has 0 saturated heterocycles. The number of rotatable bonds is 3. The lowest BCUT2D eigenvalue weighted by atomic mass is 9.32. The van der Waals surface area contributed by atoms with E-state index < -0.39 is 0 Å². The third-order valence-corrected chi connectivity index (χ3v) is 25.2. The van der Waals surface area contributed by atoms with Crippen LogP contribution in [0.4, 0.5) is 45.5 Å². The van der Waals surface area contributed by atoms with Crippen LogP contribution in [-0.2, 0) is 43.3 Å². The number of thiophene rings is 1. The Morgan fingerprint density at radius 3 is 1.52 bits per heavy atom. The molecule has 15 rings (SSSR count). The van der Waals surface area contributed by atoms with E-state index in [9.17, 15) is 0 Å². The van der Waals surface area contributed by atoms with Gasteiger partial charge in [-0.15, -0.1) is 11.3 Å². The van der Waals surface area contributed by atoms with Gasteiger partial charge in [-0.2, -0.15) is 0 Å². The fourth-order valence-electron chi connectivity index (χ4n) is 18.0.